The van der Waals surface area contributed by atoms with E-state index in [0.29, 0.717) is 17.6 Å². The first-order valence-corrected chi connectivity index (χ1v) is 18.7. The fraction of sp³-hybridized carbons (Fsp3) is 0.545. The number of rotatable bonds is 2. The van der Waals surface area contributed by atoms with E-state index in [-0.39, 0.29) is 27.7 Å². The third kappa shape index (κ3) is 4.74. The van der Waals surface area contributed by atoms with E-state index in [1.165, 1.54) is 12.7 Å². The number of aliphatic hydroxyl groups is 2. The monoisotopic (exact) mass is 717 g/mol. The van der Waals surface area contributed by atoms with Gasteiger partial charge in [0.15, 0.2) is 17.0 Å². The number of nitrogen functional groups attached to an aromatic ring is 2. The van der Waals surface area contributed by atoms with Gasteiger partial charge in [0.25, 0.3) is 5.56 Å². The van der Waals surface area contributed by atoms with Crippen molar-refractivity contribution in [2.45, 2.75) is 49.1 Å². The van der Waals surface area contributed by atoms with Crippen LogP contribution >= 0.6 is 38.4 Å². The number of aromatic amines is 1. The number of aromatic nitrogens is 7. The average molecular weight is 718 g/mol. The van der Waals surface area contributed by atoms with Crippen LogP contribution in [0.2, 0.25) is 0 Å². The van der Waals surface area contributed by atoms with Crippen molar-refractivity contribution in [3.8, 4) is 0 Å². The number of aliphatic hydroxyl groups excluding tert-OH is 2. The van der Waals surface area contributed by atoms with Gasteiger partial charge in [-0.25, -0.2) is 29.1 Å². The zero-order chi connectivity index (χ0) is 32.3. The third-order valence-electron chi connectivity index (χ3n) is 8.90. The van der Waals surface area contributed by atoms with Gasteiger partial charge in [-0.2, -0.15) is 4.37 Å². The number of nitrogens with two attached hydrogens (primary N) is 2. The molecule has 8 rings (SSSR count). The highest BCUT2D eigenvalue weighted by molar-refractivity contribution is 8.44. The van der Waals surface area contributed by atoms with Crippen LogP contribution in [0.15, 0.2) is 17.4 Å². The minimum Gasteiger partial charge on any atom is -0.388 e. The lowest BCUT2D eigenvalue weighted by atomic mass is 10.0. The Balaban J connectivity index is 1.14. The summed E-state index contributed by atoms with van der Waals surface area (Å²) in [6.07, 6.45) is -5.43. The van der Waals surface area contributed by atoms with Crippen LogP contribution in [-0.2, 0) is 32.0 Å². The lowest BCUT2D eigenvalue weighted by Crippen LogP contribution is -2.37. The smallest absolute Gasteiger partial charge is 0.388 e. The molecule has 2 bridgehead atoms. The molecule has 0 aromatic carbocycles. The molecule has 2 saturated heterocycles. The molecule has 8 N–H and O–H groups in total. The van der Waals surface area contributed by atoms with Gasteiger partial charge in [-0.1, -0.05) is 12.2 Å². The second kappa shape index (κ2) is 10.5. The lowest BCUT2D eigenvalue weighted by Gasteiger charge is -2.30. The van der Waals surface area contributed by atoms with E-state index in [1.807, 2.05) is 0 Å². The van der Waals surface area contributed by atoms with Crippen LogP contribution < -0.4 is 17.0 Å². The number of phosphoric ester groups is 1. The van der Waals surface area contributed by atoms with E-state index in [2.05, 4.69) is 41.5 Å². The predicted octanol–water partition coefficient (Wildman–Crippen LogP) is 0.0621. The Morgan fingerprint density at radius 3 is 2.72 bits per heavy atom. The molecule has 11 atom stereocenters. The molecule has 2 aliphatic heterocycles. The molecule has 1 unspecified atom stereocenters. The normalized spacial score (nSPS) is 41.0. The van der Waals surface area contributed by atoms with Crippen molar-refractivity contribution in [3.05, 3.63) is 27.9 Å². The van der Waals surface area contributed by atoms with Gasteiger partial charge in [0, 0.05) is 5.41 Å². The van der Waals surface area contributed by atoms with Crippen LogP contribution in [0.3, 0.4) is 0 Å². The third-order valence-corrected chi connectivity index (χ3v) is 12.4. The number of hydrogen-bond donors (Lipinski definition) is 7. The summed E-state index contributed by atoms with van der Waals surface area (Å²) >= 11 is 4.92. The summed E-state index contributed by atoms with van der Waals surface area (Å²) < 4.78 is 61.0. The number of hydrogen-bond acceptors (Lipinski definition) is 18. The highest BCUT2D eigenvalue weighted by Crippen LogP contribution is 2.73. The molecule has 24 heteroatoms. The predicted molar refractivity (Wildman–Crippen MR) is 159 cm³/mol. The average Bonchev–Trinajstić information content (AvgIpc) is 3.26. The summed E-state index contributed by atoms with van der Waals surface area (Å²) in [5.41, 5.74) is 10.5. The van der Waals surface area contributed by atoms with Gasteiger partial charge in [-0.05, 0) is 23.9 Å². The van der Waals surface area contributed by atoms with E-state index in [0.717, 1.165) is 11.5 Å². The number of thiol groups is 1. The Bertz CT molecular complexity index is 2050. The maximum Gasteiger partial charge on any atom is 0.472 e. The second-order valence-electron chi connectivity index (χ2n) is 11.5. The Labute approximate surface area is 265 Å². The van der Waals surface area contributed by atoms with Crippen molar-refractivity contribution in [1.29, 1.82) is 0 Å². The SMILES string of the molecule is Nc1nc2c([C@@H]3O[C@@H]4CO[P@](=O)(S)O[C@H]5[C@@H](O)[C@H](n6cnc7c(N)ncnc76)[C@H]6C[C@]65COP(=O)(O)O[C@@H]3[C@@H]4O)snc2c(=O)[nH]1. The minimum atomic E-state index is -4.99. The molecule has 4 fully saturated rings. The van der Waals surface area contributed by atoms with Crippen LogP contribution in [0.25, 0.3) is 22.2 Å². The standard InChI is InChI=1S/C22H25N9O11P2S2/c23-18-10-19(26-4-25-18)31(5-27-10)11-6-1-22(6)3-39-43(35,36)41-14-12(32)7(2-38-44(37,45)42-17(22)13(11)33)40-15(14)16-8-9(30-46-16)20(34)29-21(24)28-8/h4-7,11-15,17,32-33H,1-3H2,(H,35,36)(H,37,45)(H2,23,25,26)(H3,24,28,29,34)/t6-,7-,11-,12-,13+,14-,15-,17+,22+,44+/m1/s1. The molecule has 4 aromatic rings. The minimum absolute atomic E-state index is 0.0317. The maximum atomic E-state index is 13.6. The van der Waals surface area contributed by atoms with Crippen molar-refractivity contribution < 1.29 is 47.1 Å². The summed E-state index contributed by atoms with van der Waals surface area (Å²) in [6, 6.07) is -0.749. The van der Waals surface area contributed by atoms with Gasteiger partial charge in [0.05, 0.1) is 30.5 Å². The van der Waals surface area contributed by atoms with Crippen LogP contribution in [0.5, 0.6) is 0 Å². The first-order valence-electron chi connectivity index (χ1n) is 13.7. The number of ether oxygens (including phenoxy) is 1. The van der Waals surface area contributed by atoms with Crippen molar-refractivity contribution in [1.82, 2.24) is 33.9 Å². The zero-order valence-electron chi connectivity index (χ0n) is 23.1. The molecule has 246 valence electrons. The topological polar surface area (TPSA) is 295 Å². The molecular weight excluding hydrogens is 692 g/mol. The largest absolute Gasteiger partial charge is 0.472 e. The van der Waals surface area contributed by atoms with Crippen molar-refractivity contribution in [2.75, 3.05) is 24.7 Å². The van der Waals surface area contributed by atoms with Crippen LogP contribution in [-0.4, -0.2) is 92.7 Å². The zero-order valence-corrected chi connectivity index (χ0v) is 26.6. The highest BCUT2D eigenvalue weighted by atomic mass is 32.7. The fourth-order valence-corrected chi connectivity index (χ4v) is 10.2. The molecule has 4 aromatic heterocycles. The van der Waals surface area contributed by atoms with E-state index in [4.69, 9.17) is 34.3 Å². The highest BCUT2D eigenvalue weighted by Gasteiger charge is 2.74. The summed E-state index contributed by atoms with van der Waals surface area (Å²) in [4.78, 5) is 42.3. The van der Waals surface area contributed by atoms with Gasteiger partial charge >= 0.3 is 14.6 Å². The Morgan fingerprint density at radius 1 is 1.11 bits per heavy atom. The molecule has 46 heavy (non-hydrogen) atoms. The van der Waals surface area contributed by atoms with E-state index < -0.39 is 87.4 Å². The van der Waals surface area contributed by atoms with E-state index in [9.17, 15) is 29.0 Å². The number of nitrogens with zero attached hydrogens (tertiary/aromatic N) is 6. The van der Waals surface area contributed by atoms with Crippen LogP contribution in [0.1, 0.15) is 23.4 Å². The summed E-state index contributed by atoms with van der Waals surface area (Å²) in [5.74, 6) is -0.521. The number of H-pyrrole nitrogens is 1. The quantitative estimate of drug-likeness (QED) is 0.107. The van der Waals surface area contributed by atoms with E-state index >= 15 is 0 Å². The Hall–Kier alpha value is -2.59. The van der Waals surface area contributed by atoms with Crippen molar-refractivity contribution >= 4 is 72.4 Å². The summed E-state index contributed by atoms with van der Waals surface area (Å²) in [5, 5.41) is 22.7. The molecule has 2 aliphatic carbocycles. The maximum absolute atomic E-state index is 13.6. The molecule has 0 amide bonds. The van der Waals surface area contributed by atoms with Gasteiger partial charge in [0.1, 0.15) is 54.0 Å². The molecule has 6 heterocycles. The van der Waals surface area contributed by atoms with Gasteiger partial charge in [-0.3, -0.25) is 27.9 Å². The molecular formula is C22H25N9O11P2S2. The molecule has 2 saturated carbocycles. The number of fused-ring (bicyclic) bond motifs is 4. The number of phosphoric acid groups is 1. The second-order valence-corrected chi connectivity index (χ2v) is 16.6. The van der Waals surface area contributed by atoms with Gasteiger partial charge < -0.3 is 35.9 Å². The molecule has 20 nitrogen and oxygen atoms in total. The van der Waals surface area contributed by atoms with Gasteiger partial charge in [-0.15, -0.1) is 0 Å². The Kier molecular flexibility index (Phi) is 6.98. The van der Waals surface area contributed by atoms with Crippen LogP contribution in [0.4, 0.5) is 11.8 Å². The Morgan fingerprint density at radius 2 is 1.91 bits per heavy atom. The summed E-state index contributed by atoms with van der Waals surface area (Å²) in [6.45, 7) is -5.36. The number of nitrogens with one attached hydrogen (secondary N) is 1. The fourth-order valence-electron chi connectivity index (χ4n) is 6.75. The lowest BCUT2D eigenvalue weighted by molar-refractivity contribution is -0.0387. The van der Waals surface area contributed by atoms with Crippen LogP contribution in [0, 0.1) is 11.3 Å². The molecule has 0 radical (unpaired) electrons. The number of anilines is 2. The number of imidazole rings is 1. The first-order chi connectivity index (χ1) is 21.8. The first kappa shape index (κ1) is 30.7. The van der Waals surface area contributed by atoms with E-state index in [1.54, 1.807) is 4.57 Å². The van der Waals surface area contributed by atoms with Gasteiger partial charge in [0.2, 0.25) is 5.95 Å². The molecule has 1 spiro atoms. The molecule has 4 aliphatic rings. The summed E-state index contributed by atoms with van der Waals surface area (Å²) in [7, 11) is -4.99. The van der Waals surface area contributed by atoms with Crippen molar-refractivity contribution in [2.24, 2.45) is 11.3 Å². The van der Waals surface area contributed by atoms with Crippen molar-refractivity contribution in [3.63, 3.8) is 0 Å².